The van der Waals surface area contributed by atoms with E-state index in [0.29, 0.717) is 25.3 Å². The highest BCUT2D eigenvalue weighted by molar-refractivity contribution is 5.81. The van der Waals surface area contributed by atoms with E-state index in [-0.39, 0.29) is 23.8 Å². The van der Waals surface area contributed by atoms with Gasteiger partial charge in [0.1, 0.15) is 5.75 Å². The van der Waals surface area contributed by atoms with E-state index < -0.39 is 6.10 Å². The van der Waals surface area contributed by atoms with Crippen molar-refractivity contribution in [3.8, 4) is 5.75 Å². The maximum atomic E-state index is 13.0. The van der Waals surface area contributed by atoms with Gasteiger partial charge in [-0.15, -0.1) is 6.58 Å². The van der Waals surface area contributed by atoms with Gasteiger partial charge in [0, 0.05) is 19.0 Å². The molecule has 2 amide bonds. The fourth-order valence-electron chi connectivity index (χ4n) is 4.00. The van der Waals surface area contributed by atoms with E-state index in [1.807, 2.05) is 56.0 Å². The first kappa shape index (κ1) is 22.6. The van der Waals surface area contributed by atoms with E-state index in [2.05, 4.69) is 30.1 Å². The normalized spacial score (nSPS) is 16.4. The first-order valence-electron chi connectivity index (χ1n) is 11.0. The van der Waals surface area contributed by atoms with E-state index in [9.17, 15) is 9.59 Å². The third-order valence-corrected chi connectivity index (χ3v) is 5.60. The zero-order valence-electron chi connectivity index (χ0n) is 18.6. The summed E-state index contributed by atoms with van der Waals surface area (Å²) in [5, 5.41) is 2.80. The Hall–Kier alpha value is -3.08. The fourth-order valence-corrected chi connectivity index (χ4v) is 4.00. The monoisotopic (exact) mass is 420 g/mol. The van der Waals surface area contributed by atoms with Gasteiger partial charge in [-0.3, -0.25) is 9.59 Å². The molecule has 31 heavy (non-hydrogen) atoms. The minimum absolute atomic E-state index is 0.0785. The molecule has 3 rings (SSSR count). The van der Waals surface area contributed by atoms with Crippen molar-refractivity contribution < 1.29 is 14.3 Å². The summed E-state index contributed by atoms with van der Waals surface area (Å²) in [5.74, 6) is 0.543. The minimum atomic E-state index is -0.579. The average molecular weight is 421 g/mol. The first-order valence-corrected chi connectivity index (χ1v) is 11.0. The van der Waals surface area contributed by atoms with Crippen molar-refractivity contribution in [2.45, 2.75) is 45.8 Å². The van der Waals surface area contributed by atoms with E-state index in [4.69, 9.17) is 4.74 Å². The van der Waals surface area contributed by atoms with Crippen molar-refractivity contribution in [2.75, 3.05) is 13.1 Å². The van der Waals surface area contributed by atoms with Crippen LogP contribution in [0.25, 0.3) is 0 Å². The van der Waals surface area contributed by atoms with Crippen LogP contribution < -0.4 is 10.1 Å². The molecular formula is C26H32N2O3. The third kappa shape index (κ3) is 5.16. The molecule has 0 saturated heterocycles. The molecule has 2 aromatic carbocycles. The smallest absolute Gasteiger partial charge is 0.261 e. The molecule has 2 atom stereocenters. The number of hydrogen-bond donors (Lipinski definition) is 1. The van der Waals surface area contributed by atoms with Crippen molar-refractivity contribution in [3.63, 3.8) is 0 Å². The Bertz CT molecular complexity index is 924. The Kier molecular flexibility index (Phi) is 7.50. The van der Waals surface area contributed by atoms with Gasteiger partial charge in [-0.1, -0.05) is 63.2 Å². The lowest BCUT2D eigenvalue weighted by Gasteiger charge is -2.39. The molecule has 0 fully saturated rings. The predicted molar refractivity (Wildman–Crippen MR) is 123 cm³/mol. The summed E-state index contributed by atoms with van der Waals surface area (Å²) in [6, 6.07) is 15.9. The van der Waals surface area contributed by atoms with Crippen LogP contribution in [0.5, 0.6) is 5.75 Å². The van der Waals surface area contributed by atoms with Crippen LogP contribution >= 0.6 is 0 Å². The van der Waals surface area contributed by atoms with Crippen LogP contribution in [0, 0.1) is 5.92 Å². The lowest BCUT2D eigenvalue weighted by molar-refractivity contribution is -0.136. The number of carbonyl (C=O) groups excluding carboxylic acids is 2. The van der Waals surface area contributed by atoms with Gasteiger partial charge in [0.15, 0.2) is 6.10 Å². The topological polar surface area (TPSA) is 58.6 Å². The van der Waals surface area contributed by atoms with Crippen molar-refractivity contribution in [2.24, 2.45) is 5.92 Å². The number of hydrogen-bond acceptors (Lipinski definition) is 3. The van der Waals surface area contributed by atoms with Gasteiger partial charge < -0.3 is 15.0 Å². The molecule has 0 unspecified atom stereocenters. The number of ether oxygens (including phenoxy) is 1. The summed E-state index contributed by atoms with van der Waals surface area (Å²) < 4.78 is 6.07. The molecule has 1 heterocycles. The van der Waals surface area contributed by atoms with Crippen LogP contribution in [0.15, 0.2) is 61.2 Å². The number of fused-ring (bicyclic) bond motifs is 1. The molecule has 0 radical (unpaired) electrons. The molecule has 1 N–H and O–H groups in total. The molecule has 0 saturated carbocycles. The van der Waals surface area contributed by atoms with Crippen molar-refractivity contribution in [3.05, 3.63) is 77.9 Å². The summed E-state index contributed by atoms with van der Waals surface area (Å²) in [5.41, 5.74) is 3.34. The Labute approximate surface area is 185 Å². The minimum Gasteiger partial charge on any atom is -0.481 e. The van der Waals surface area contributed by atoms with Gasteiger partial charge in [0.25, 0.3) is 5.91 Å². The second kappa shape index (κ2) is 10.3. The maximum Gasteiger partial charge on any atom is 0.261 e. The Balaban J connectivity index is 1.96. The number of nitrogens with zero attached hydrogens (tertiary/aromatic N) is 1. The molecule has 5 nitrogen and oxygen atoms in total. The highest BCUT2D eigenvalue weighted by atomic mass is 16.5. The number of nitrogens with one attached hydrogen (secondary N) is 1. The molecule has 1 aliphatic rings. The summed E-state index contributed by atoms with van der Waals surface area (Å²) in [6.07, 6.45) is 2.42. The third-order valence-electron chi connectivity index (χ3n) is 5.60. The van der Waals surface area contributed by atoms with E-state index in [1.165, 1.54) is 5.56 Å². The van der Waals surface area contributed by atoms with Crippen molar-refractivity contribution >= 4 is 11.8 Å². The van der Waals surface area contributed by atoms with E-state index in [0.717, 1.165) is 17.5 Å². The van der Waals surface area contributed by atoms with Crippen molar-refractivity contribution in [1.82, 2.24) is 10.2 Å². The van der Waals surface area contributed by atoms with Gasteiger partial charge in [-0.05, 0) is 41.7 Å². The molecule has 2 aromatic rings. The molecule has 0 aliphatic carbocycles. The zero-order chi connectivity index (χ0) is 22.4. The molecule has 0 bridgehead atoms. The molecule has 0 spiro atoms. The van der Waals surface area contributed by atoms with E-state index in [1.54, 1.807) is 6.08 Å². The Morgan fingerprint density at radius 2 is 1.97 bits per heavy atom. The van der Waals surface area contributed by atoms with E-state index >= 15 is 0 Å². The number of amides is 2. The highest BCUT2D eigenvalue weighted by Gasteiger charge is 2.33. The van der Waals surface area contributed by atoms with Gasteiger partial charge in [-0.2, -0.15) is 0 Å². The maximum absolute atomic E-state index is 13.0. The van der Waals surface area contributed by atoms with Crippen LogP contribution in [0.2, 0.25) is 0 Å². The summed E-state index contributed by atoms with van der Waals surface area (Å²) in [6.45, 7) is 10.5. The van der Waals surface area contributed by atoms with Crippen LogP contribution in [-0.2, 0) is 16.0 Å². The first-order chi connectivity index (χ1) is 15.0. The summed E-state index contributed by atoms with van der Waals surface area (Å²) in [4.78, 5) is 27.4. The summed E-state index contributed by atoms with van der Waals surface area (Å²) in [7, 11) is 0. The Morgan fingerprint density at radius 3 is 2.61 bits per heavy atom. The van der Waals surface area contributed by atoms with Crippen LogP contribution in [0.4, 0.5) is 0 Å². The lowest BCUT2D eigenvalue weighted by atomic mass is 9.87. The van der Waals surface area contributed by atoms with Crippen LogP contribution in [0.1, 0.15) is 49.9 Å². The van der Waals surface area contributed by atoms with Gasteiger partial charge in [0.2, 0.25) is 5.91 Å². The second-order valence-corrected chi connectivity index (χ2v) is 8.16. The zero-order valence-corrected chi connectivity index (χ0v) is 18.6. The van der Waals surface area contributed by atoms with Gasteiger partial charge >= 0.3 is 0 Å². The standard InChI is InChI=1S/C26H32N2O3/c1-5-15-27-25(29)23(6-2)31-21-13-12-19-14-16-28(26(30)18(3)4)24(22(19)17-21)20-10-8-7-9-11-20/h5,7-13,17-18,23-24H,1,6,14-16H2,2-4H3,(H,27,29)/t23-,24+/m0/s1. The Morgan fingerprint density at radius 1 is 1.23 bits per heavy atom. The van der Waals surface area contributed by atoms with Crippen LogP contribution in [0.3, 0.4) is 0 Å². The number of rotatable bonds is 8. The second-order valence-electron chi connectivity index (χ2n) is 8.16. The summed E-state index contributed by atoms with van der Waals surface area (Å²) >= 11 is 0. The predicted octanol–water partition coefficient (Wildman–Crippen LogP) is 4.28. The quantitative estimate of drug-likeness (QED) is 0.649. The SMILES string of the molecule is C=CCNC(=O)[C@H](CC)Oc1ccc2c(c1)[C@@H](c1ccccc1)N(C(=O)C(C)C)CC2. The molecule has 164 valence electrons. The van der Waals surface area contributed by atoms with Crippen molar-refractivity contribution in [1.29, 1.82) is 0 Å². The fraction of sp³-hybridized carbons (Fsp3) is 0.385. The lowest BCUT2D eigenvalue weighted by Crippen LogP contribution is -2.42. The van der Waals surface area contributed by atoms with Gasteiger partial charge in [0.05, 0.1) is 6.04 Å². The van der Waals surface area contributed by atoms with Crippen LogP contribution in [-0.4, -0.2) is 35.9 Å². The highest BCUT2D eigenvalue weighted by Crippen LogP contribution is 2.38. The molecule has 5 heteroatoms. The molecule has 1 aliphatic heterocycles. The number of carbonyl (C=O) groups is 2. The molecule has 0 aromatic heterocycles. The average Bonchev–Trinajstić information content (AvgIpc) is 2.80. The number of benzene rings is 2. The largest absolute Gasteiger partial charge is 0.481 e. The molecular weight excluding hydrogens is 388 g/mol. The van der Waals surface area contributed by atoms with Gasteiger partial charge in [-0.25, -0.2) is 0 Å².